The molecule has 0 bridgehead atoms. The van der Waals surface area contributed by atoms with Gasteiger partial charge < -0.3 is 20.5 Å². The van der Waals surface area contributed by atoms with Crippen LogP contribution in [-0.4, -0.2) is 42.0 Å². The molecule has 0 aliphatic rings. The number of halogens is 1. The summed E-state index contributed by atoms with van der Waals surface area (Å²) in [4.78, 5) is 37.2. The predicted octanol–water partition coefficient (Wildman–Crippen LogP) is 6.46. The lowest BCUT2D eigenvalue weighted by atomic mass is 10.00. The minimum absolute atomic E-state index is 0.0310. The highest BCUT2D eigenvalue weighted by molar-refractivity contribution is 6.12. The first-order chi connectivity index (χ1) is 21.4. The predicted molar refractivity (Wildman–Crippen MR) is 169 cm³/mol. The highest BCUT2D eigenvalue weighted by Gasteiger charge is 2.21. The van der Waals surface area contributed by atoms with Crippen molar-refractivity contribution in [1.29, 1.82) is 0 Å². The number of rotatable bonds is 17. The lowest BCUT2D eigenvalue weighted by Crippen LogP contribution is -2.32. The molecule has 0 radical (unpaired) electrons. The highest BCUT2D eigenvalue weighted by Crippen LogP contribution is 2.22. The van der Waals surface area contributed by atoms with Crippen molar-refractivity contribution in [2.45, 2.75) is 44.6 Å². The van der Waals surface area contributed by atoms with Crippen molar-refractivity contribution in [2.75, 3.05) is 18.5 Å². The van der Waals surface area contributed by atoms with Crippen LogP contribution in [-0.2, 0) is 22.4 Å². The SMILES string of the molecule is O=C(CCCCc1ccccc1F)NCCCOc1ccc(C[C@H](Nc2ccccc2C(=O)c2ccccc2)C(=O)O)cc1. The average molecular weight is 597 g/mol. The van der Waals surface area contributed by atoms with E-state index in [2.05, 4.69) is 10.6 Å². The molecule has 4 aromatic rings. The second-order valence-electron chi connectivity index (χ2n) is 10.5. The number of aliphatic carboxylic acids is 1. The molecule has 0 heterocycles. The summed E-state index contributed by atoms with van der Waals surface area (Å²) in [5, 5.41) is 15.8. The van der Waals surface area contributed by atoms with E-state index in [0.717, 1.165) is 12.0 Å². The third-order valence-corrected chi connectivity index (χ3v) is 7.17. The number of amides is 1. The number of carbonyl (C=O) groups is 3. The molecule has 0 fully saturated rings. The van der Waals surface area contributed by atoms with Gasteiger partial charge in [-0.25, -0.2) is 9.18 Å². The fourth-order valence-electron chi connectivity index (χ4n) is 4.78. The number of nitrogens with one attached hydrogen (secondary N) is 2. The summed E-state index contributed by atoms with van der Waals surface area (Å²) in [6, 6.07) is 28.7. The third-order valence-electron chi connectivity index (χ3n) is 7.17. The molecule has 0 unspecified atom stereocenters. The molecule has 7 nitrogen and oxygen atoms in total. The molecule has 0 aliphatic heterocycles. The number of carbonyl (C=O) groups excluding carboxylic acids is 2. The molecule has 4 aromatic carbocycles. The first-order valence-corrected chi connectivity index (χ1v) is 14.8. The monoisotopic (exact) mass is 596 g/mol. The summed E-state index contributed by atoms with van der Waals surface area (Å²) in [5.41, 5.74) is 2.87. The Balaban J connectivity index is 1.18. The zero-order valence-corrected chi connectivity index (χ0v) is 24.5. The maximum atomic E-state index is 13.7. The van der Waals surface area contributed by atoms with Crippen molar-refractivity contribution < 1.29 is 28.6 Å². The molecule has 4 rings (SSSR count). The topological polar surface area (TPSA) is 105 Å². The van der Waals surface area contributed by atoms with Gasteiger partial charge in [0.05, 0.1) is 6.61 Å². The number of hydrogen-bond acceptors (Lipinski definition) is 5. The zero-order chi connectivity index (χ0) is 31.1. The van der Waals surface area contributed by atoms with Crippen molar-refractivity contribution in [1.82, 2.24) is 5.32 Å². The Morgan fingerprint density at radius 3 is 2.25 bits per heavy atom. The van der Waals surface area contributed by atoms with Crippen molar-refractivity contribution in [3.05, 3.63) is 131 Å². The summed E-state index contributed by atoms with van der Waals surface area (Å²) < 4.78 is 19.4. The van der Waals surface area contributed by atoms with E-state index in [0.29, 0.717) is 67.0 Å². The lowest BCUT2D eigenvalue weighted by Gasteiger charge is -2.18. The first kappa shape index (κ1) is 31.9. The van der Waals surface area contributed by atoms with Gasteiger partial charge in [0, 0.05) is 36.2 Å². The van der Waals surface area contributed by atoms with E-state index < -0.39 is 12.0 Å². The van der Waals surface area contributed by atoms with Crippen LogP contribution in [0.25, 0.3) is 0 Å². The molecule has 1 atom stereocenters. The molecule has 0 spiro atoms. The van der Waals surface area contributed by atoms with Crippen molar-refractivity contribution in [2.24, 2.45) is 0 Å². The number of unbranched alkanes of at least 4 members (excludes halogenated alkanes) is 1. The number of para-hydroxylation sites is 1. The van der Waals surface area contributed by atoms with Crippen molar-refractivity contribution in [3.8, 4) is 5.75 Å². The van der Waals surface area contributed by atoms with Crippen LogP contribution in [0.4, 0.5) is 10.1 Å². The zero-order valence-electron chi connectivity index (χ0n) is 24.5. The molecule has 8 heteroatoms. The van der Waals surface area contributed by atoms with Crippen LogP contribution in [0, 0.1) is 5.82 Å². The van der Waals surface area contributed by atoms with Gasteiger partial charge in [0.15, 0.2) is 5.78 Å². The van der Waals surface area contributed by atoms with Crippen LogP contribution in [0.3, 0.4) is 0 Å². The molecule has 0 aromatic heterocycles. The minimum atomic E-state index is -1.03. The smallest absolute Gasteiger partial charge is 0.326 e. The molecule has 0 aliphatic carbocycles. The molecular formula is C36H37FN2O5. The molecule has 1 amide bonds. The number of benzene rings is 4. The van der Waals surface area contributed by atoms with Gasteiger partial charge in [-0.1, -0.05) is 72.8 Å². The number of ether oxygens (including phenoxy) is 1. The number of carboxylic acid groups (broad SMARTS) is 1. The maximum absolute atomic E-state index is 13.7. The van der Waals surface area contributed by atoms with E-state index in [4.69, 9.17) is 4.74 Å². The fourth-order valence-corrected chi connectivity index (χ4v) is 4.78. The Labute approximate surface area is 257 Å². The molecule has 0 saturated carbocycles. The fraction of sp³-hybridized carbons (Fsp3) is 0.250. The second-order valence-corrected chi connectivity index (χ2v) is 10.5. The Hall–Kier alpha value is -4.98. The Kier molecular flexibility index (Phi) is 12.1. The van der Waals surface area contributed by atoms with E-state index in [1.165, 1.54) is 6.07 Å². The van der Waals surface area contributed by atoms with E-state index in [1.54, 1.807) is 72.8 Å². The van der Waals surface area contributed by atoms with Crippen LogP contribution in [0.2, 0.25) is 0 Å². The van der Waals surface area contributed by atoms with Gasteiger partial charge in [0.25, 0.3) is 0 Å². The molecule has 228 valence electrons. The second kappa shape index (κ2) is 16.6. The van der Waals surface area contributed by atoms with Crippen LogP contribution < -0.4 is 15.4 Å². The summed E-state index contributed by atoms with van der Waals surface area (Å²) in [5.74, 6) is -0.804. The van der Waals surface area contributed by atoms with Crippen LogP contribution in [0.1, 0.15) is 52.7 Å². The summed E-state index contributed by atoms with van der Waals surface area (Å²) in [6.45, 7) is 0.906. The molecule has 3 N–H and O–H groups in total. The summed E-state index contributed by atoms with van der Waals surface area (Å²) >= 11 is 0. The number of ketones is 1. The van der Waals surface area contributed by atoms with Gasteiger partial charge in [0.2, 0.25) is 5.91 Å². The largest absolute Gasteiger partial charge is 0.494 e. The van der Waals surface area contributed by atoms with Crippen molar-refractivity contribution in [3.63, 3.8) is 0 Å². The molecular weight excluding hydrogens is 559 g/mol. The van der Waals surface area contributed by atoms with Gasteiger partial charge in [-0.2, -0.15) is 0 Å². The lowest BCUT2D eigenvalue weighted by molar-refractivity contribution is -0.137. The van der Waals surface area contributed by atoms with Gasteiger partial charge in [0.1, 0.15) is 17.6 Å². The quantitative estimate of drug-likeness (QED) is 0.0955. The van der Waals surface area contributed by atoms with Crippen molar-refractivity contribution >= 4 is 23.3 Å². The van der Waals surface area contributed by atoms with E-state index in [-0.39, 0.29) is 23.9 Å². The van der Waals surface area contributed by atoms with Gasteiger partial charge in [-0.3, -0.25) is 9.59 Å². The van der Waals surface area contributed by atoms with Gasteiger partial charge in [-0.05, 0) is 67.1 Å². The third kappa shape index (κ3) is 9.80. The number of hydrogen-bond donors (Lipinski definition) is 3. The number of anilines is 1. The maximum Gasteiger partial charge on any atom is 0.326 e. The Morgan fingerprint density at radius 1 is 0.795 bits per heavy atom. The van der Waals surface area contributed by atoms with Gasteiger partial charge >= 0.3 is 5.97 Å². The first-order valence-electron chi connectivity index (χ1n) is 14.8. The minimum Gasteiger partial charge on any atom is -0.494 e. The average Bonchev–Trinajstić information content (AvgIpc) is 3.04. The molecule has 0 saturated heterocycles. The van der Waals surface area contributed by atoms with Crippen LogP contribution >= 0.6 is 0 Å². The van der Waals surface area contributed by atoms with E-state index >= 15 is 0 Å². The molecule has 44 heavy (non-hydrogen) atoms. The summed E-state index contributed by atoms with van der Waals surface area (Å²) in [7, 11) is 0. The highest BCUT2D eigenvalue weighted by atomic mass is 19.1. The normalized spacial score (nSPS) is 11.4. The van der Waals surface area contributed by atoms with E-state index in [9.17, 15) is 23.9 Å². The Morgan fingerprint density at radius 2 is 1.50 bits per heavy atom. The van der Waals surface area contributed by atoms with E-state index in [1.807, 2.05) is 24.3 Å². The summed E-state index contributed by atoms with van der Waals surface area (Å²) in [6.07, 6.45) is 3.30. The van der Waals surface area contributed by atoms with Crippen LogP contribution in [0.5, 0.6) is 5.75 Å². The number of carboxylic acids is 1. The number of aryl methyl sites for hydroxylation is 1. The standard InChI is InChI=1S/C36H37FN2O5/c37-31-16-7-4-11-27(31)12-5-9-18-34(40)38-23-10-24-44-29-21-19-26(20-22-29)25-33(36(42)43)39-32-17-8-6-15-30(32)35(41)28-13-2-1-3-14-28/h1-4,6-8,11,13-17,19-22,33,39H,5,9-10,12,18,23-25H2,(H,38,40)(H,42,43)/t33-/m0/s1. The van der Waals surface area contributed by atoms with Crippen LogP contribution in [0.15, 0.2) is 103 Å². The van der Waals surface area contributed by atoms with Gasteiger partial charge in [-0.15, -0.1) is 0 Å². The Bertz CT molecular complexity index is 1530.